The molecular weight excluding hydrogens is 224 g/mol. The van der Waals surface area contributed by atoms with E-state index in [2.05, 4.69) is 4.74 Å². The van der Waals surface area contributed by atoms with Crippen LogP contribution in [0.3, 0.4) is 0 Å². The van der Waals surface area contributed by atoms with Gasteiger partial charge >= 0.3 is 17.9 Å². The average Bonchev–Trinajstić information content (AvgIpc) is 2.12. The molecule has 0 aliphatic carbocycles. The predicted molar refractivity (Wildman–Crippen MR) is 47.5 cm³/mol. The lowest BCUT2D eigenvalue weighted by Gasteiger charge is -2.19. The van der Waals surface area contributed by atoms with Crippen molar-refractivity contribution < 1.29 is 39.5 Å². The number of rotatable bonds is 7. The molecule has 0 amide bonds. The quantitative estimate of drug-likeness (QED) is 0.379. The molecule has 0 saturated carbocycles. The van der Waals surface area contributed by atoms with Gasteiger partial charge in [0.1, 0.15) is 6.61 Å². The van der Waals surface area contributed by atoms with Crippen molar-refractivity contribution in [3.05, 3.63) is 0 Å². The molecule has 1 unspecified atom stereocenters. The number of hydrogen-bond acceptors (Lipinski definition) is 6. The summed E-state index contributed by atoms with van der Waals surface area (Å²) in [6, 6.07) is 0. The molecule has 0 saturated heterocycles. The molecule has 8 heteroatoms. The summed E-state index contributed by atoms with van der Waals surface area (Å²) in [6.45, 7) is -0.794. The van der Waals surface area contributed by atoms with Crippen LogP contribution < -0.4 is 0 Å². The number of aliphatic hydroxyl groups excluding tert-OH is 1. The lowest BCUT2D eigenvalue weighted by Crippen LogP contribution is -2.43. The zero-order chi connectivity index (χ0) is 12.8. The van der Waals surface area contributed by atoms with Crippen molar-refractivity contribution >= 4 is 17.9 Å². The Morgan fingerprint density at radius 3 is 2.06 bits per heavy atom. The number of carboxylic acids is 2. The van der Waals surface area contributed by atoms with E-state index in [1.54, 1.807) is 0 Å². The third-order valence-electron chi connectivity index (χ3n) is 1.63. The fourth-order valence-corrected chi connectivity index (χ4v) is 0.913. The molecule has 4 N–H and O–H groups in total. The van der Waals surface area contributed by atoms with Gasteiger partial charge in [-0.2, -0.15) is 0 Å². The standard InChI is InChI=1S/C8H12O8/c9-1-2-16-6(12)4-8(15,7(13)14)3-5(10)11/h9,15H,1-4H2,(H,10,11)(H,13,14). The van der Waals surface area contributed by atoms with E-state index in [-0.39, 0.29) is 6.61 Å². The van der Waals surface area contributed by atoms with Gasteiger partial charge in [-0.15, -0.1) is 0 Å². The highest BCUT2D eigenvalue weighted by Gasteiger charge is 2.41. The largest absolute Gasteiger partial charge is 0.481 e. The fraction of sp³-hybridized carbons (Fsp3) is 0.625. The van der Waals surface area contributed by atoms with Gasteiger partial charge in [-0.3, -0.25) is 9.59 Å². The van der Waals surface area contributed by atoms with Crippen molar-refractivity contribution in [1.29, 1.82) is 0 Å². The topological polar surface area (TPSA) is 141 Å². The molecule has 92 valence electrons. The van der Waals surface area contributed by atoms with E-state index < -0.39 is 43.0 Å². The lowest BCUT2D eigenvalue weighted by atomic mass is 9.96. The maximum atomic E-state index is 11.0. The summed E-state index contributed by atoms with van der Waals surface area (Å²) in [5.41, 5.74) is -2.70. The predicted octanol–water partition coefficient (Wildman–Crippen LogP) is -1.80. The Hall–Kier alpha value is -1.67. The van der Waals surface area contributed by atoms with E-state index in [0.717, 1.165) is 0 Å². The second-order valence-electron chi connectivity index (χ2n) is 3.03. The van der Waals surface area contributed by atoms with Crippen molar-refractivity contribution in [1.82, 2.24) is 0 Å². The van der Waals surface area contributed by atoms with Gasteiger partial charge in [0.05, 0.1) is 19.4 Å². The summed E-state index contributed by atoms with van der Waals surface area (Å²) in [5.74, 6) is -4.48. The summed E-state index contributed by atoms with van der Waals surface area (Å²) in [7, 11) is 0. The SMILES string of the molecule is O=C(O)CC(O)(CC(=O)OCCO)C(=O)O. The summed E-state index contributed by atoms with van der Waals surface area (Å²) in [5, 5.41) is 34.7. The molecule has 0 spiro atoms. The highest BCUT2D eigenvalue weighted by molar-refractivity contribution is 5.88. The van der Waals surface area contributed by atoms with Crippen LogP contribution in [0.5, 0.6) is 0 Å². The Balaban J connectivity index is 4.49. The minimum absolute atomic E-state index is 0.346. The average molecular weight is 236 g/mol. The third-order valence-corrected chi connectivity index (χ3v) is 1.63. The monoisotopic (exact) mass is 236 g/mol. The minimum atomic E-state index is -2.70. The van der Waals surface area contributed by atoms with Gasteiger partial charge in [0.15, 0.2) is 5.60 Å². The number of carbonyl (C=O) groups excluding carboxylic acids is 1. The highest BCUT2D eigenvalue weighted by Crippen LogP contribution is 2.16. The van der Waals surface area contributed by atoms with E-state index in [0.29, 0.717) is 0 Å². The molecule has 0 heterocycles. The number of carboxylic acid groups (broad SMARTS) is 2. The van der Waals surface area contributed by atoms with Crippen LogP contribution >= 0.6 is 0 Å². The van der Waals surface area contributed by atoms with Crippen molar-refractivity contribution in [3.63, 3.8) is 0 Å². The molecular formula is C8H12O8. The van der Waals surface area contributed by atoms with E-state index in [1.165, 1.54) is 0 Å². The maximum absolute atomic E-state index is 11.0. The molecule has 8 nitrogen and oxygen atoms in total. The lowest BCUT2D eigenvalue weighted by molar-refractivity contribution is -0.172. The first-order valence-electron chi connectivity index (χ1n) is 4.26. The number of carbonyl (C=O) groups is 3. The normalized spacial score (nSPS) is 13.9. The Morgan fingerprint density at radius 2 is 1.69 bits per heavy atom. The van der Waals surface area contributed by atoms with Gasteiger partial charge in [-0.25, -0.2) is 4.79 Å². The summed E-state index contributed by atoms with van der Waals surface area (Å²) >= 11 is 0. The van der Waals surface area contributed by atoms with Crippen LogP contribution in [-0.2, 0) is 19.1 Å². The smallest absolute Gasteiger partial charge is 0.336 e. The van der Waals surface area contributed by atoms with Crippen molar-refractivity contribution in [2.45, 2.75) is 18.4 Å². The number of ether oxygens (including phenoxy) is 1. The molecule has 0 aliphatic heterocycles. The van der Waals surface area contributed by atoms with Gasteiger partial charge < -0.3 is 25.2 Å². The van der Waals surface area contributed by atoms with Crippen molar-refractivity contribution in [2.24, 2.45) is 0 Å². The maximum Gasteiger partial charge on any atom is 0.336 e. The van der Waals surface area contributed by atoms with Crippen LogP contribution in [0.15, 0.2) is 0 Å². The molecule has 0 rings (SSSR count). The highest BCUT2D eigenvalue weighted by atomic mass is 16.5. The fourth-order valence-electron chi connectivity index (χ4n) is 0.913. The van der Waals surface area contributed by atoms with Gasteiger partial charge in [0, 0.05) is 0 Å². The molecule has 16 heavy (non-hydrogen) atoms. The molecule has 0 aromatic carbocycles. The molecule has 0 aromatic heterocycles. The van der Waals surface area contributed by atoms with Crippen LogP contribution in [0, 0.1) is 0 Å². The molecule has 1 atom stereocenters. The minimum Gasteiger partial charge on any atom is -0.481 e. The van der Waals surface area contributed by atoms with Gasteiger partial charge in [-0.1, -0.05) is 0 Å². The molecule has 0 bridgehead atoms. The zero-order valence-corrected chi connectivity index (χ0v) is 8.25. The van der Waals surface area contributed by atoms with Gasteiger partial charge in [-0.05, 0) is 0 Å². The molecule has 0 radical (unpaired) electrons. The Labute approximate surface area is 90.1 Å². The van der Waals surface area contributed by atoms with E-state index in [9.17, 15) is 19.5 Å². The van der Waals surface area contributed by atoms with Crippen LogP contribution in [0.4, 0.5) is 0 Å². The molecule has 0 aliphatic rings. The van der Waals surface area contributed by atoms with Crippen molar-refractivity contribution in [2.75, 3.05) is 13.2 Å². The van der Waals surface area contributed by atoms with Crippen LogP contribution in [-0.4, -0.2) is 57.1 Å². The third kappa shape index (κ3) is 4.71. The summed E-state index contributed by atoms with van der Waals surface area (Å²) in [4.78, 5) is 31.8. The first-order chi connectivity index (χ1) is 7.31. The Morgan fingerprint density at radius 1 is 1.12 bits per heavy atom. The zero-order valence-electron chi connectivity index (χ0n) is 8.25. The summed E-state index contributed by atoms with van der Waals surface area (Å²) in [6.07, 6.45) is -2.11. The van der Waals surface area contributed by atoms with Crippen LogP contribution in [0.25, 0.3) is 0 Å². The first-order valence-corrected chi connectivity index (χ1v) is 4.26. The van der Waals surface area contributed by atoms with Crippen LogP contribution in [0.1, 0.15) is 12.8 Å². The molecule has 0 aromatic rings. The van der Waals surface area contributed by atoms with E-state index >= 15 is 0 Å². The van der Waals surface area contributed by atoms with E-state index in [4.69, 9.17) is 15.3 Å². The number of aliphatic carboxylic acids is 2. The Kier molecular flexibility index (Phi) is 5.40. The van der Waals surface area contributed by atoms with Crippen LogP contribution in [0.2, 0.25) is 0 Å². The summed E-state index contributed by atoms with van der Waals surface area (Å²) < 4.78 is 4.31. The Bertz CT molecular complexity index is 286. The van der Waals surface area contributed by atoms with Crippen molar-refractivity contribution in [3.8, 4) is 0 Å². The molecule has 0 fully saturated rings. The first kappa shape index (κ1) is 14.3. The number of esters is 1. The van der Waals surface area contributed by atoms with Gasteiger partial charge in [0.25, 0.3) is 0 Å². The second-order valence-corrected chi connectivity index (χ2v) is 3.03. The van der Waals surface area contributed by atoms with E-state index in [1.807, 2.05) is 0 Å². The second kappa shape index (κ2) is 6.03. The van der Waals surface area contributed by atoms with Gasteiger partial charge in [0.2, 0.25) is 0 Å². The number of aliphatic hydroxyl groups is 2. The number of hydrogen-bond donors (Lipinski definition) is 4.